The van der Waals surface area contributed by atoms with E-state index in [-0.39, 0.29) is 11.3 Å². The molecule has 1 aliphatic rings. The Hall–Kier alpha value is -2.32. The molecule has 1 heterocycles. The van der Waals surface area contributed by atoms with Crippen LogP contribution >= 0.6 is 0 Å². The first-order valence-electron chi connectivity index (χ1n) is 9.14. The normalized spacial score (nSPS) is 16.8. The minimum atomic E-state index is -0.321. The van der Waals surface area contributed by atoms with Gasteiger partial charge in [-0.25, -0.2) is 0 Å². The lowest BCUT2D eigenvalue weighted by atomic mass is 9.85. The minimum absolute atomic E-state index is 0.238. The van der Waals surface area contributed by atoms with E-state index in [1.165, 1.54) is 0 Å². The third kappa shape index (κ3) is 5.09. The molecule has 0 radical (unpaired) electrons. The van der Waals surface area contributed by atoms with Crippen LogP contribution in [0.3, 0.4) is 0 Å². The summed E-state index contributed by atoms with van der Waals surface area (Å²) < 4.78 is 5.33. The Morgan fingerprint density at radius 3 is 2.69 bits per heavy atom. The fourth-order valence-corrected chi connectivity index (χ4v) is 3.45. The van der Waals surface area contributed by atoms with Gasteiger partial charge < -0.3 is 20.4 Å². The summed E-state index contributed by atoms with van der Waals surface area (Å²) in [5.74, 6) is 1.04. The zero-order valence-corrected chi connectivity index (χ0v) is 16.3. The van der Waals surface area contributed by atoms with Gasteiger partial charge in [-0.15, -0.1) is 0 Å². The summed E-state index contributed by atoms with van der Waals surface area (Å²) in [5.41, 5.74) is 2.27. The molecular weight excluding hydrogens is 324 g/mol. The Morgan fingerprint density at radius 1 is 1.42 bits per heavy atom. The van der Waals surface area contributed by atoms with Crippen LogP contribution in [0.25, 0.3) is 5.57 Å². The largest absolute Gasteiger partial charge is 0.497 e. The molecule has 1 aliphatic heterocycles. The number of hydrogen-bond donors (Lipinski definition) is 2. The van der Waals surface area contributed by atoms with Gasteiger partial charge in [0, 0.05) is 37.0 Å². The highest BCUT2D eigenvalue weighted by Crippen LogP contribution is 2.29. The maximum Gasteiger partial charge on any atom is 0.119 e. The number of methoxy groups -OCH3 is 1. The van der Waals surface area contributed by atoms with Crippen molar-refractivity contribution >= 4 is 11.3 Å². The molecule has 1 fully saturated rings. The van der Waals surface area contributed by atoms with Crippen molar-refractivity contribution in [2.24, 2.45) is 11.3 Å². The molecule has 0 unspecified atom stereocenters. The van der Waals surface area contributed by atoms with Crippen molar-refractivity contribution in [3.05, 3.63) is 36.0 Å². The zero-order chi connectivity index (χ0) is 19.2. The van der Waals surface area contributed by atoms with Gasteiger partial charge in [0.2, 0.25) is 0 Å². The highest BCUT2D eigenvalue weighted by Gasteiger charge is 2.28. The van der Waals surface area contributed by atoms with E-state index in [9.17, 15) is 5.26 Å². The molecule has 1 aromatic carbocycles. The fourth-order valence-electron chi connectivity index (χ4n) is 3.45. The molecule has 0 spiro atoms. The van der Waals surface area contributed by atoms with Gasteiger partial charge in [-0.2, -0.15) is 5.26 Å². The van der Waals surface area contributed by atoms with Gasteiger partial charge in [0.1, 0.15) is 5.75 Å². The average molecular weight is 354 g/mol. The van der Waals surface area contributed by atoms with Crippen molar-refractivity contribution in [2.45, 2.75) is 26.7 Å². The number of allylic oxidation sites excluding steroid dienone is 1. The molecule has 5 nitrogen and oxygen atoms in total. The zero-order valence-electron chi connectivity index (χ0n) is 16.3. The van der Waals surface area contributed by atoms with E-state index in [0.29, 0.717) is 5.71 Å². The number of rotatable bonds is 7. The van der Waals surface area contributed by atoms with E-state index >= 15 is 0 Å². The lowest BCUT2D eigenvalue weighted by molar-refractivity contribution is 0.168. The maximum atomic E-state index is 9.23. The van der Waals surface area contributed by atoms with E-state index in [0.717, 1.165) is 49.4 Å². The molecule has 2 N–H and O–H groups in total. The Morgan fingerprint density at radius 2 is 2.12 bits per heavy atom. The van der Waals surface area contributed by atoms with Gasteiger partial charge in [-0.05, 0) is 57.5 Å². The van der Waals surface area contributed by atoms with E-state index in [1.54, 1.807) is 7.11 Å². The summed E-state index contributed by atoms with van der Waals surface area (Å²) in [6.07, 6.45) is 3.80. The summed E-state index contributed by atoms with van der Waals surface area (Å²) in [4.78, 5) is 2.35. The molecule has 0 atom stereocenters. The Labute approximate surface area is 157 Å². The SMILES string of the molecule is CN/C=C(\C(=N)C1CCN(CC(C)(C)C#N)CC1)c1cccc(OC)c1. The predicted molar refractivity (Wildman–Crippen MR) is 106 cm³/mol. The van der Waals surface area contributed by atoms with Gasteiger partial charge in [-0.3, -0.25) is 0 Å². The summed E-state index contributed by atoms with van der Waals surface area (Å²) in [7, 11) is 3.52. The first-order valence-corrected chi connectivity index (χ1v) is 9.14. The summed E-state index contributed by atoms with van der Waals surface area (Å²) in [6.45, 7) is 6.63. The molecule has 0 bridgehead atoms. The Balaban J connectivity index is 2.07. The van der Waals surface area contributed by atoms with Gasteiger partial charge in [0.15, 0.2) is 0 Å². The fraction of sp³-hybridized carbons (Fsp3) is 0.524. The highest BCUT2D eigenvalue weighted by atomic mass is 16.5. The third-order valence-corrected chi connectivity index (χ3v) is 4.88. The Kier molecular flexibility index (Phi) is 6.82. The second-order valence-corrected chi connectivity index (χ2v) is 7.54. The van der Waals surface area contributed by atoms with Crippen LogP contribution in [0, 0.1) is 28.1 Å². The first-order chi connectivity index (χ1) is 12.4. The lowest BCUT2D eigenvalue weighted by Gasteiger charge is -2.35. The van der Waals surface area contributed by atoms with Gasteiger partial charge in [0.25, 0.3) is 0 Å². The monoisotopic (exact) mass is 354 g/mol. The molecule has 5 heteroatoms. The molecule has 0 aliphatic carbocycles. The first kappa shape index (κ1) is 20.0. The second kappa shape index (κ2) is 8.86. The molecule has 140 valence electrons. The number of nitriles is 1. The van der Waals surface area contributed by atoms with Crippen LogP contribution in [0.5, 0.6) is 5.75 Å². The van der Waals surface area contributed by atoms with Crippen LogP contribution in [0.1, 0.15) is 32.3 Å². The van der Waals surface area contributed by atoms with Crippen LogP contribution in [0.4, 0.5) is 0 Å². The van der Waals surface area contributed by atoms with Crippen LogP contribution < -0.4 is 10.1 Å². The molecule has 0 aromatic heterocycles. The van der Waals surface area contributed by atoms with Crippen molar-refractivity contribution < 1.29 is 4.74 Å². The number of likely N-dealkylation sites (tertiary alicyclic amines) is 1. The second-order valence-electron chi connectivity index (χ2n) is 7.54. The average Bonchev–Trinajstić information content (AvgIpc) is 2.66. The lowest BCUT2D eigenvalue weighted by Crippen LogP contribution is -2.41. The molecular formula is C21H30N4O. The summed E-state index contributed by atoms with van der Waals surface area (Å²) in [5, 5.41) is 21.1. The number of benzene rings is 1. The van der Waals surface area contributed by atoms with Crippen molar-refractivity contribution in [1.82, 2.24) is 10.2 Å². The van der Waals surface area contributed by atoms with E-state index in [4.69, 9.17) is 10.1 Å². The van der Waals surface area contributed by atoms with Crippen LogP contribution in [-0.4, -0.2) is 44.4 Å². The molecule has 26 heavy (non-hydrogen) atoms. The van der Waals surface area contributed by atoms with Crippen molar-refractivity contribution in [1.29, 1.82) is 10.7 Å². The van der Waals surface area contributed by atoms with Gasteiger partial charge in [0.05, 0.1) is 18.6 Å². The number of piperidine rings is 1. The summed E-state index contributed by atoms with van der Waals surface area (Å²) >= 11 is 0. The van der Waals surface area contributed by atoms with E-state index in [1.807, 2.05) is 51.4 Å². The predicted octanol–water partition coefficient (Wildman–Crippen LogP) is 3.54. The standard InChI is InChI=1S/C21H30N4O/c1-21(2,14-22)15-25-10-8-16(9-11-25)20(23)19(13-24-3)17-6-5-7-18(12-17)26-4/h5-7,12-13,16,23-24H,8-11,15H2,1-4H3/b19-13-,23-20?. The van der Waals surface area contributed by atoms with Crippen molar-refractivity contribution in [3.8, 4) is 11.8 Å². The van der Waals surface area contributed by atoms with E-state index < -0.39 is 0 Å². The Bertz CT molecular complexity index is 694. The minimum Gasteiger partial charge on any atom is -0.497 e. The molecule has 1 aromatic rings. The molecule has 1 saturated heterocycles. The smallest absolute Gasteiger partial charge is 0.119 e. The highest BCUT2D eigenvalue weighted by molar-refractivity contribution is 6.23. The number of nitrogens with one attached hydrogen (secondary N) is 2. The maximum absolute atomic E-state index is 9.23. The third-order valence-electron chi connectivity index (χ3n) is 4.88. The van der Waals surface area contributed by atoms with Gasteiger partial charge >= 0.3 is 0 Å². The van der Waals surface area contributed by atoms with Crippen LogP contribution in [-0.2, 0) is 0 Å². The topological polar surface area (TPSA) is 72.1 Å². The molecule has 0 amide bonds. The quantitative estimate of drug-likeness (QED) is 0.735. The molecule has 2 rings (SSSR count). The van der Waals surface area contributed by atoms with Crippen LogP contribution in [0.15, 0.2) is 30.5 Å². The van der Waals surface area contributed by atoms with Gasteiger partial charge in [-0.1, -0.05) is 12.1 Å². The molecule has 0 saturated carbocycles. The summed E-state index contributed by atoms with van der Waals surface area (Å²) in [6, 6.07) is 10.2. The number of ether oxygens (including phenoxy) is 1. The number of hydrogen-bond acceptors (Lipinski definition) is 5. The number of nitrogens with zero attached hydrogens (tertiary/aromatic N) is 2. The van der Waals surface area contributed by atoms with E-state index in [2.05, 4.69) is 16.3 Å². The van der Waals surface area contributed by atoms with Crippen LogP contribution in [0.2, 0.25) is 0 Å². The van der Waals surface area contributed by atoms with Crippen molar-refractivity contribution in [2.75, 3.05) is 33.8 Å². The van der Waals surface area contributed by atoms with Crippen molar-refractivity contribution in [3.63, 3.8) is 0 Å².